The van der Waals surface area contributed by atoms with Crippen molar-refractivity contribution >= 4 is 52.2 Å². The number of hydrogen-bond donors (Lipinski definition) is 1. The Labute approximate surface area is 212 Å². The van der Waals surface area contributed by atoms with Crippen molar-refractivity contribution in [1.29, 1.82) is 0 Å². The topological polar surface area (TPSA) is 92.9 Å². The van der Waals surface area contributed by atoms with Crippen molar-refractivity contribution in [3.8, 4) is 0 Å². The van der Waals surface area contributed by atoms with Crippen LogP contribution in [0.3, 0.4) is 0 Å². The number of carbonyl (C=O) groups excluding carboxylic acids is 3. The first kappa shape index (κ1) is 23.5. The number of anilines is 2. The van der Waals surface area contributed by atoms with Gasteiger partial charge in [0.15, 0.2) is 5.78 Å². The minimum atomic E-state index is -1.71. The monoisotopic (exact) mass is 511 g/mol. The Bertz CT molecular complexity index is 1370. The molecule has 0 aromatic heterocycles. The van der Waals surface area contributed by atoms with E-state index in [4.69, 9.17) is 33.7 Å². The molecule has 35 heavy (non-hydrogen) atoms. The maximum Gasteiger partial charge on any atom is 0.339 e. The van der Waals surface area contributed by atoms with Crippen molar-refractivity contribution in [2.75, 3.05) is 23.5 Å². The number of rotatable bonds is 3. The van der Waals surface area contributed by atoms with E-state index >= 15 is 0 Å². The zero-order valence-corrected chi connectivity index (χ0v) is 20.7. The number of fused-ring (bicyclic) bond motifs is 3. The van der Waals surface area contributed by atoms with Crippen molar-refractivity contribution in [2.24, 2.45) is 5.73 Å². The predicted octanol–water partition coefficient (Wildman–Crippen LogP) is 4.47. The number of benzene rings is 2. The molecular weight excluding hydrogens is 489 g/mol. The SMILES string of the molecule is CCOC(=O)C1=C(N)N(c2cc(Cl)ccc2Cl)C2=C(C(=O)CCC2)C12C(=O)N(C)c1ccccc12. The van der Waals surface area contributed by atoms with Crippen molar-refractivity contribution < 1.29 is 19.1 Å². The lowest BCUT2D eigenvalue weighted by Crippen LogP contribution is -2.54. The number of para-hydroxylation sites is 1. The Morgan fingerprint density at radius 1 is 1.11 bits per heavy atom. The Hall–Kier alpha value is -3.29. The van der Waals surface area contributed by atoms with E-state index in [0.29, 0.717) is 45.5 Å². The van der Waals surface area contributed by atoms with Gasteiger partial charge in [0.2, 0.25) is 5.91 Å². The molecule has 9 heteroatoms. The molecule has 2 aliphatic heterocycles. The molecule has 2 N–H and O–H groups in total. The Balaban J connectivity index is 1.94. The van der Waals surface area contributed by atoms with Crippen LogP contribution in [0.25, 0.3) is 0 Å². The average molecular weight is 512 g/mol. The third-order valence-electron chi connectivity index (χ3n) is 6.83. The molecule has 0 radical (unpaired) electrons. The first-order valence-electron chi connectivity index (χ1n) is 11.3. The smallest absolute Gasteiger partial charge is 0.339 e. The molecule has 2 aromatic rings. The number of likely N-dealkylation sites (N-methyl/N-ethyl adjacent to an activating group) is 1. The molecule has 2 heterocycles. The molecule has 7 nitrogen and oxygen atoms in total. The second kappa shape index (κ2) is 8.43. The van der Waals surface area contributed by atoms with Crippen LogP contribution in [0, 0.1) is 0 Å². The fourth-order valence-corrected chi connectivity index (χ4v) is 5.86. The van der Waals surface area contributed by atoms with Gasteiger partial charge in [-0.3, -0.25) is 14.5 Å². The third kappa shape index (κ3) is 3.15. The lowest BCUT2D eigenvalue weighted by Gasteiger charge is -2.44. The fraction of sp³-hybridized carbons (Fsp3) is 0.269. The number of esters is 1. The van der Waals surface area contributed by atoms with Crippen LogP contribution >= 0.6 is 23.2 Å². The number of nitrogens with zero attached hydrogens (tertiary/aromatic N) is 2. The third-order valence-corrected chi connectivity index (χ3v) is 7.38. The van der Waals surface area contributed by atoms with E-state index in [2.05, 4.69) is 0 Å². The normalized spacial score (nSPS) is 21.6. The summed E-state index contributed by atoms with van der Waals surface area (Å²) in [5, 5.41) is 0.734. The zero-order valence-electron chi connectivity index (χ0n) is 19.2. The molecule has 1 spiro atoms. The standard InChI is InChI=1S/C26H23Cl2N3O4/c1-3-35-24(33)22-23(29)31(19-13-14(27)11-12-16(19)28)18-9-6-10-20(32)21(18)26(22)15-7-4-5-8-17(15)30(2)25(26)34/h4-5,7-8,11-13H,3,6,9-10,29H2,1-2H3. The van der Waals surface area contributed by atoms with E-state index in [-0.39, 0.29) is 35.8 Å². The first-order chi connectivity index (χ1) is 16.7. The van der Waals surface area contributed by atoms with Crippen LogP contribution in [-0.4, -0.2) is 31.3 Å². The number of ether oxygens (including phenoxy) is 1. The number of carbonyl (C=O) groups is 3. The highest BCUT2D eigenvalue weighted by Gasteiger charge is 2.63. The summed E-state index contributed by atoms with van der Waals surface area (Å²) in [5.74, 6) is -1.43. The number of Topliss-reactive ketones (excluding diaryl/α,β-unsaturated/α-hetero) is 1. The highest BCUT2D eigenvalue weighted by atomic mass is 35.5. The van der Waals surface area contributed by atoms with Crippen molar-refractivity contribution in [3.63, 3.8) is 0 Å². The molecule has 1 atom stereocenters. The summed E-state index contributed by atoms with van der Waals surface area (Å²) in [6.45, 7) is 1.73. The molecule has 1 aliphatic carbocycles. The van der Waals surface area contributed by atoms with E-state index < -0.39 is 17.3 Å². The van der Waals surface area contributed by atoms with Gasteiger partial charge in [0.1, 0.15) is 16.8 Å². The molecule has 0 bridgehead atoms. The minimum Gasteiger partial charge on any atom is -0.462 e. The molecule has 1 amide bonds. The Morgan fingerprint density at radius 3 is 2.60 bits per heavy atom. The molecule has 1 unspecified atom stereocenters. The maximum atomic E-state index is 14.1. The molecule has 0 fully saturated rings. The highest BCUT2D eigenvalue weighted by molar-refractivity contribution is 6.35. The molecule has 0 saturated heterocycles. The summed E-state index contributed by atoms with van der Waals surface area (Å²) in [5.41, 5.74) is 7.28. The lowest BCUT2D eigenvalue weighted by atomic mass is 9.63. The number of hydrogen-bond acceptors (Lipinski definition) is 6. The van der Waals surface area contributed by atoms with E-state index in [0.717, 1.165) is 0 Å². The van der Waals surface area contributed by atoms with Gasteiger partial charge in [-0.1, -0.05) is 41.4 Å². The summed E-state index contributed by atoms with van der Waals surface area (Å²) in [6.07, 6.45) is 1.27. The van der Waals surface area contributed by atoms with Gasteiger partial charge < -0.3 is 15.4 Å². The van der Waals surface area contributed by atoms with Gasteiger partial charge in [-0.2, -0.15) is 0 Å². The molecule has 3 aliphatic rings. The molecule has 180 valence electrons. The van der Waals surface area contributed by atoms with Crippen molar-refractivity contribution in [2.45, 2.75) is 31.6 Å². The fourth-order valence-electron chi connectivity index (χ4n) is 5.49. The summed E-state index contributed by atoms with van der Waals surface area (Å²) in [6, 6.07) is 12.0. The Kier molecular flexibility index (Phi) is 5.65. The van der Waals surface area contributed by atoms with Gasteiger partial charge in [-0.05, 0) is 44.0 Å². The van der Waals surface area contributed by atoms with Gasteiger partial charge in [0.25, 0.3) is 0 Å². The second-order valence-electron chi connectivity index (χ2n) is 8.64. The van der Waals surface area contributed by atoms with Gasteiger partial charge >= 0.3 is 5.97 Å². The molecule has 0 saturated carbocycles. The number of allylic oxidation sites excluding steroid dienone is 1. The van der Waals surface area contributed by atoms with Crippen LogP contribution in [-0.2, 0) is 24.5 Å². The summed E-state index contributed by atoms with van der Waals surface area (Å²) in [4.78, 5) is 44.5. The summed E-state index contributed by atoms with van der Waals surface area (Å²) >= 11 is 12.8. The van der Waals surface area contributed by atoms with Gasteiger partial charge in [0.05, 0.1) is 17.3 Å². The number of ketones is 1. The van der Waals surface area contributed by atoms with Crippen LogP contribution < -0.4 is 15.5 Å². The minimum absolute atomic E-state index is 0.0143. The van der Waals surface area contributed by atoms with Gasteiger partial charge in [0, 0.05) is 41.0 Å². The molecule has 2 aromatic carbocycles. The summed E-state index contributed by atoms with van der Waals surface area (Å²) in [7, 11) is 1.63. The quantitative estimate of drug-likeness (QED) is 0.611. The van der Waals surface area contributed by atoms with Crippen LogP contribution in [0.2, 0.25) is 10.0 Å². The zero-order chi connectivity index (χ0) is 25.1. The predicted molar refractivity (Wildman–Crippen MR) is 134 cm³/mol. The number of halogens is 2. The maximum absolute atomic E-state index is 14.1. The van der Waals surface area contributed by atoms with Gasteiger partial charge in [-0.25, -0.2) is 4.79 Å². The van der Waals surface area contributed by atoms with E-state index in [1.807, 2.05) is 0 Å². The van der Waals surface area contributed by atoms with Crippen LogP contribution in [0.15, 0.2) is 65.1 Å². The van der Waals surface area contributed by atoms with E-state index in [9.17, 15) is 14.4 Å². The largest absolute Gasteiger partial charge is 0.462 e. The molecular formula is C26H23Cl2N3O4. The molecule has 5 rings (SSSR count). The summed E-state index contributed by atoms with van der Waals surface area (Å²) < 4.78 is 5.42. The van der Waals surface area contributed by atoms with Crippen LogP contribution in [0.5, 0.6) is 0 Å². The number of nitrogens with two attached hydrogens (primary N) is 1. The van der Waals surface area contributed by atoms with Crippen LogP contribution in [0.4, 0.5) is 11.4 Å². The Morgan fingerprint density at radius 2 is 1.86 bits per heavy atom. The average Bonchev–Trinajstić information content (AvgIpc) is 3.04. The second-order valence-corrected chi connectivity index (χ2v) is 9.49. The van der Waals surface area contributed by atoms with E-state index in [1.165, 1.54) is 4.90 Å². The lowest BCUT2D eigenvalue weighted by molar-refractivity contribution is -0.140. The van der Waals surface area contributed by atoms with Crippen LogP contribution in [0.1, 0.15) is 31.7 Å². The first-order valence-corrected chi connectivity index (χ1v) is 12.1. The van der Waals surface area contributed by atoms with Crippen molar-refractivity contribution in [3.05, 3.63) is 80.7 Å². The van der Waals surface area contributed by atoms with E-state index in [1.54, 1.807) is 61.3 Å². The van der Waals surface area contributed by atoms with Crippen molar-refractivity contribution in [1.82, 2.24) is 0 Å². The van der Waals surface area contributed by atoms with Gasteiger partial charge in [-0.15, -0.1) is 0 Å². The highest BCUT2D eigenvalue weighted by Crippen LogP contribution is 2.57. The number of amides is 1.